The number of rotatable bonds is 6. The second-order valence-corrected chi connectivity index (χ2v) is 19.3. The number of carboxylic acid groups (broad SMARTS) is 1. The number of carboxylic acids is 1. The Morgan fingerprint density at radius 3 is 2.27 bits per heavy atom. The van der Waals surface area contributed by atoms with Crippen LogP contribution in [-0.2, 0) is 19.1 Å². The van der Waals surface area contributed by atoms with E-state index in [0.29, 0.717) is 35.2 Å². The maximum atomic E-state index is 13.2. The molecule has 5 aliphatic rings. The molecule has 278 valence electrons. The lowest BCUT2D eigenvalue weighted by Crippen LogP contribution is -2.66. The molecule has 1 N–H and O–H groups in total. The second kappa shape index (κ2) is 12.8. The molecule has 5 aliphatic carbocycles. The van der Waals surface area contributed by atoms with Crippen LogP contribution in [0.25, 0.3) is 0 Å². The van der Waals surface area contributed by atoms with Crippen LogP contribution in [0.3, 0.4) is 0 Å². The smallest absolute Gasteiger partial charge is 0.336 e. The van der Waals surface area contributed by atoms with Gasteiger partial charge >= 0.3 is 17.9 Å². The largest absolute Gasteiger partial charge is 0.478 e. The van der Waals surface area contributed by atoms with Crippen LogP contribution in [0.5, 0.6) is 0 Å². The molecule has 0 radical (unpaired) electrons. The Morgan fingerprint density at radius 1 is 0.902 bits per heavy atom. The first kappa shape index (κ1) is 37.7. The lowest BCUT2D eigenvalue weighted by molar-refractivity contribution is -0.247. The molecule has 6 heteroatoms. The van der Waals surface area contributed by atoms with Crippen LogP contribution < -0.4 is 0 Å². The van der Waals surface area contributed by atoms with Crippen molar-refractivity contribution in [2.24, 2.45) is 62.1 Å². The SMILES string of the molecule is C=C(C)[C@@H]1CCC2(C#Cc3ccccc3C(=O)O)CC[C@]3(C)C(CCC4[C@@]5(C)CC[C@H](OC(=O)CC(C)(C)C(=O)OC)C(C)(C)C5CC[C@]43C)C12. The number of hydrogen-bond donors (Lipinski definition) is 1. The summed E-state index contributed by atoms with van der Waals surface area (Å²) in [6.45, 7) is 22.7. The van der Waals surface area contributed by atoms with Crippen molar-refractivity contribution in [1.29, 1.82) is 0 Å². The van der Waals surface area contributed by atoms with Gasteiger partial charge in [0.25, 0.3) is 0 Å². The number of methoxy groups -OCH3 is 1. The molecule has 0 bridgehead atoms. The van der Waals surface area contributed by atoms with Gasteiger partial charge in [0.15, 0.2) is 0 Å². The van der Waals surface area contributed by atoms with Gasteiger partial charge < -0.3 is 14.6 Å². The normalized spacial score (nSPS) is 39.5. The standard InChI is InChI=1S/C45H62O6/c1-28(2)30-18-24-45(23-17-29-13-11-12-14-31(29)38(47)48)26-25-43(8)32(37(30)45)15-16-34-42(7)21-20-35(41(5,6)33(42)19-22-44(34,43)9)51-36(46)27-40(3,4)39(49)50-10/h11-14,30,32-35,37H,1,15-16,18-22,24-27H2,2-10H3,(H,47,48)/t30-,32?,33?,34?,35-,37?,42-,43+,44+,45?/m0/s1. The minimum Gasteiger partial charge on any atom is -0.478 e. The molecule has 0 heterocycles. The van der Waals surface area contributed by atoms with Crippen LogP contribution in [0.1, 0.15) is 142 Å². The third-order valence-electron chi connectivity index (χ3n) is 16.2. The first-order chi connectivity index (χ1) is 23.8. The monoisotopic (exact) mass is 698 g/mol. The molecule has 1 aromatic carbocycles. The lowest BCUT2D eigenvalue weighted by Gasteiger charge is -2.72. The Hall–Kier alpha value is -3.07. The van der Waals surface area contributed by atoms with Crippen molar-refractivity contribution in [2.75, 3.05) is 7.11 Å². The van der Waals surface area contributed by atoms with Gasteiger partial charge in [0.1, 0.15) is 6.10 Å². The molecule has 0 aromatic heterocycles. The van der Waals surface area contributed by atoms with Gasteiger partial charge in [-0.3, -0.25) is 9.59 Å². The van der Waals surface area contributed by atoms with Gasteiger partial charge in [-0.15, -0.1) is 0 Å². The second-order valence-electron chi connectivity index (χ2n) is 19.3. The molecule has 1 aromatic rings. The summed E-state index contributed by atoms with van der Waals surface area (Å²) in [5.41, 5.74) is 1.39. The molecule has 10 atom stereocenters. The maximum absolute atomic E-state index is 13.2. The van der Waals surface area contributed by atoms with Crippen molar-refractivity contribution in [3.8, 4) is 11.8 Å². The van der Waals surface area contributed by atoms with Gasteiger partial charge in [0, 0.05) is 16.4 Å². The molecule has 0 aliphatic heterocycles. The Labute approximate surface area is 306 Å². The zero-order chi connectivity index (χ0) is 37.4. The fraction of sp³-hybridized carbons (Fsp3) is 0.711. The molecule has 6 nitrogen and oxygen atoms in total. The average Bonchev–Trinajstić information content (AvgIpc) is 3.45. The predicted octanol–water partition coefficient (Wildman–Crippen LogP) is 9.89. The maximum Gasteiger partial charge on any atom is 0.336 e. The van der Waals surface area contributed by atoms with E-state index in [2.05, 4.69) is 60.0 Å². The third-order valence-corrected chi connectivity index (χ3v) is 16.2. The number of hydrogen-bond acceptors (Lipinski definition) is 5. The Morgan fingerprint density at radius 2 is 1.61 bits per heavy atom. The van der Waals surface area contributed by atoms with Crippen LogP contribution >= 0.6 is 0 Å². The average molecular weight is 699 g/mol. The topological polar surface area (TPSA) is 89.9 Å². The molecule has 5 saturated carbocycles. The summed E-state index contributed by atoms with van der Waals surface area (Å²) in [7, 11) is 1.36. The van der Waals surface area contributed by atoms with E-state index in [1.165, 1.54) is 31.9 Å². The summed E-state index contributed by atoms with van der Waals surface area (Å²) in [4.78, 5) is 37.6. The lowest BCUT2D eigenvalue weighted by atomic mass is 9.32. The van der Waals surface area contributed by atoms with E-state index in [1.54, 1.807) is 26.0 Å². The van der Waals surface area contributed by atoms with Gasteiger partial charge in [-0.1, -0.05) is 70.7 Å². The van der Waals surface area contributed by atoms with E-state index in [0.717, 1.165) is 44.9 Å². The van der Waals surface area contributed by atoms with Crippen molar-refractivity contribution in [3.63, 3.8) is 0 Å². The number of carbonyl (C=O) groups excluding carboxylic acids is 2. The summed E-state index contributed by atoms with van der Waals surface area (Å²) in [6, 6.07) is 7.18. The van der Waals surface area contributed by atoms with Gasteiger partial charge in [0.05, 0.1) is 24.5 Å². The van der Waals surface area contributed by atoms with Crippen molar-refractivity contribution < 1.29 is 29.0 Å². The zero-order valence-electron chi connectivity index (χ0n) is 32.7. The highest BCUT2D eigenvalue weighted by atomic mass is 16.5. The van der Waals surface area contributed by atoms with Crippen molar-refractivity contribution in [3.05, 3.63) is 47.5 Å². The van der Waals surface area contributed by atoms with Crippen LogP contribution in [0.15, 0.2) is 36.4 Å². The highest BCUT2D eigenvalue weighted by Crippen LogP contribution is 2.77. The summed E-state index contributed by atoms with van der Waals surface area (Å²) in [6.07, 6.45) is 10.7. The number of ether oxygens (including phenoxy) is 2. The molecule has 0 saturated heterocycles. The number of fused-ring (bicyclic) bond motifs is 7. The van der Waals surface area contributed by atoms with E-state index in [1.807, 2.05) is 12.1 Å². The number of carbonyl (C=O) groups is 3. The Balaban J connectivity index is 1.28. The van der Waals surface area contributed by atoms with E-state index < -0.39 is 17.4 Å². The van der Waals surface area contributed by atoms with Crippen LogP contribution in [0.4, 0.5) is 0 Å². The van der Waals surface area contributed by atoms with E-state index >= 15 is 0 Å². The first-order valence-electron chi connectivity index (χ1n) is 19.6. The summed E-state index contributed by atoms with van der Waals surface area (Å²) >= 11 is 0. The summed E-state index contributed by atoms with van der Waals surface area (Å²) < 4.78 is 11.2. The number of aromatic carboxylic acids is 1. The van der Waals surface area contributed by atoms with Gasteiger partial charge in [-0.25, -0.2) is 4.79 Å². The molecule has 0 amide bonds. The van der Waals surface area contributed by atoms with Crippen molar-refractivity contribution >= 4 is 17.9 Å². The quantitative estimate of drug-likeness (QED) is 0.181. The highest BCUT2D eigenvalue weighted by molar-refractivity contribution is 5.90. The van der Waals surface area contributed by atoms with Crippen LogP contribution in [0.2, 0.25) is 0 Å². The van der Waals surface area contributed by atoms with Gasteiger partial charge in [-0.05, 0) is 143 Å². The predicted molar refractivity (Wildman–Crippen MR) is 200 cm³/mol. The minimum atomic E-state index is -0.926. The molecule has 51 heavy (non-hydrogen) atoms. The summed E-state index contributed by atoms with van der Waals surface area (Å²) in [5.74, 6) is 7.99. The Kier molecular flexibility index (Phi) is 9.46. The van der Waals surface area contributed by atoms with Crippen molar-refractivity contribution in [2.45, 2.75) is 132 Å². The van der Waals surface area contributed by atoms with Gasteiger partial charge in [-0.2, -0.15) is 0 Å². The number of allylic oxidation sites excluding steroid dienone is 1. The molecule has 0 spiro atoms. The molecule has 5 unspecified atom stereocenters. The fourth-order valence-electron chi connectivity index (χ4n) is 13.4. The van der Waals surface area contributed by atoms with E-state index in [4.69, 9.17) is 9.47 Å². The zero-order valence-corrected chi connectivity index (χ0v) is 32.7. The van der Waals surface area contributed by atoms with Crippen LogP contribution in [-0.4, -0.2) is 36.2 Å². The van der Waals surface area contributed by atoms with E-state index in [-0.39, 0.29) is 51.1 Å². The highest BCUT2D eigenvalue weighted by Gasteiger charge is 2.71. The van der Waals surface area contributed by atoms with E-state index in [9.17, 15) is 19.5 Å². The first-order valence-corrected chi connectivity index (χ1v) is 19.6. The molecule has 6 rings (SSSR count). The minimum absolute atomic E-state index is 0.0128. The fourth-order valence-corrected chi connectivity index (χ4v) is 13.4. The van der Waals surface area contributed by atoms with Gasteiger partial charge in [0.2, 0.25) is 0 Å². The molecular formula is C45H62O6. The number of esters is 2. The summed E-state index contributed by atoms with van der Waals surface area (Å²) in [5, 5.41) is 9.87. The number of benzene rings is 1. The van der Waals surface area contributed by atoms with Crippen LogP contribution in [0, 0.1) is 73.9 Å². The molecule has 5 fully saturated rings. The molecular weight excluding hydrogens is 636 g/mol. The van der Waals surface area contributed by atoms with Crippen molar-refractivity contribution in [1.82, 2.24) is 0 Å². The Bertz CT molecular complexity index is 1660. The third kappa shape index (κ3) is 5.79.